The number of amides is 1. The van der Waals surface area contributed by atoms with E-state index < -0.39 is 0 Å². The Morgan fingerprint density at radius 3 is 2.22 bits per heavy atom. The van der Waals surface area contributed by atoms with Crippen molar-refractivity contribution < 1.29 is 4.79 Å². The molecule has 1 saturated carbocycles. The van der Waals surface area contributed by atoms with Crippen LogP contribution in [0.4, 0.5) is 0 Å². The van der Waals surface area contributed by atoms with Gasteiger partial charge in [0.2, 0.25) is 5.91 Å². The summed E-state index contributed by atoms with van der Waals surface area (Å²) >= 11 is 0. The zero-order valence-corrected chi connectivity index (χ0v) is 11.9. The van der Waals surface area contributed by atoms with E-state index in [0.717, 1.165) is 44.7 Å². The molecule has 2 aliphatic rings. The number of carbonyl (C=O) groups is 1. The summed E-state index contributed by atoms with van der Waals surface area (Å²) in [5.41, 5.74) is 5.91. The Morgan fingerprint density at radius 2 is 1.67 bits per heavy atom. The van der Waals surface area contributed by atoms with Crippen LogP contribution in [0.1, 0.15) is 52.4 Å². The number of carbonyl (C=O) groups excluding carboxylic acids is 1. The third-order valence-electron chi connectivity index (χ3n) is 5.00. The van der Waals surface area contributed by atoms with Crippen LogP contribution in [0.2, 0.25) is 0 Å². The van der Waals surface area contributed by atoms with Crippen molar-refractivity contribution in [3.63, 3.8) is 0 Å². The van der Waals surface area contributed by atoms with Crippen molar-refractivity contribution in [3.8, 4) is 0 Å². The molecule has 0 aromatic rings. The maximum atomic E-state index is 12.1. The summed E-state index contributed by atoms with van der Waals surface area (Å²) < 4.78 is 0. The lowest BCUT2D eigenvalue weighted by atomic mass is 9.84. The van der Waals surface area contributed by atoms with Crippen molar-refractivity contribution in [1.29, 1.82) is 0 Å². The van der Waals surface area contributed by atoms with E-state index in [9.17, 15) is 4.79 Å². The molecule has 0 aromatic carbocycles. The molecule has 2 fully saturated rings. The zero-order chi connectivity index (χ0) is 13.1. The minimum absolute atomic E-state index is 0.376. The van der Waals surface area contributed by atoms with E-state index in [1.165, 1.54) is 12.8 Å². The lowest BCUT2D eigenvalue weighted by Gasteiger charge is -2.26. The molecule has 104 valence electrons. The normalized spacial score (nSPS) is 36.9. The van der Waals surface area contributed by atoms with Crippen LogP contribution in [0.25, 0.3) is 0 Å². The van der Waals surface area contributed by atoms with Gasteiger partial charge in [0.25, 0.3) is 0 Å². The summed E-state index contributed by atoms with van der Waals surface area (Å²) in [6.07, 6.45) is 6.57. The first-order valence-corrected chi connectivity index (χ1v) is 7.59. The van der Waals surface area contributed by atoms with Gasteiger partial charge >= 0.3 is 0 Å². The van der Waals surface area contributed by atoms with E-state index in [1.54, 1.807) is 0 Å². The molecule has 0 radical (unpaired) electrons. The smallest absolute Gasteiger partial charge is 0.222 e. The van der Waals surface area contributed by atoms with Crippen molar-refractivity contribution in [3.05, 3.63) is 0 Å². The van der Waals surface area contributed by atoms with E-state index in [2.05, 4.69) is 18.7 Å². The van der Waals surface area contributed by atoms with Crippen LogP contribution in [0, 0.1) is 17.8 Å². The Hall–Kier alpha value is -0.570. The Balaban J connectivity index is 1.69. The second-order valence-corrected chi connectivity index (χ2v) is 6.57. The van der Waals surface area contributed by atoms with Crippen molar-refractivity contribution in [2.24, 2.45) is 23.5 Å². The number of nitrogens with two attached hydrogens (primary N) is 1. The highest BCUT2D eigenvalue weighted by Crippen LogP contribution is 2.28. The van der Waals surface area contributed by atoms with Gasteiger partial charge in [-0.1, -0.05) is 13.8 Å². The Labute approximate surface area is 111 Å². The van der Waals surface area contributed by atoms with Gasteiger partial charge in [-0.3, -0.25) is 4.79 Å². The van der Waals surface area contributed by atoms with Gasteiger partial charge in [0.15, 0.2) is 0 Å². The van der Waals surface area contributed by atoms with Crippen molar-refractivity contribution in [2.45, 2.75) is 58.4 Å². The Bertz CT molecular complexity index is 274. The lowest BCUT2D eigenvalue weighted by Crippen LogP contribution is -2.30. The summed E-state index contributed by atoms with van der Waals surface area (Å²) in [7, 11) is 0. The predicted molar refractivity (Wildman–Crippen MR) is 74.1 cm³/mol. The number of hydrogen-bond donors (Lipinski definition) is 1. The summed E-state index contributed by atoms with van der Waals surface area (Å²) in [6.45, 7) is 6.44. The van der Waals surface area contributed by atoms with Gasteiger partial charge in [-0.25, -0.2) is 0 Å². The quantitative estimate of drug-likeness (QED) is 0.838. The molecular formula is C15H28N2O. The highest BCUT2D eigenvalue weighted by molar-refractivity contribution is 5.76. The highest BCUT2D eigenvalue weighted by Gasteiger charge is 2.29. The van der Waals surface area contributed by atoms with Crippen LogP contribution < -0.4 is 5.73 Å². The van der Waals surface area contributed by atoms with Crippen molar-refractivity contribution in [1.82, 2.24) is 4.90 Å². The van der Waals surface area contributed by atoms with Crippen LogP contribution in [0.5, 0.6) is 0 Å². The SMILES string of the molecule is CC1CN(C(=O)CCC2CCC(N)CC2)CC1C. The number of nitrogens with zero attached hydrogens (tertiary/aromatic N) is 1. The molecule has 2 unspecified atom stereocenters. The second kappa shape index (κ2) is 6.05. The maximum Gasteiger partial charge on any atom is 0.222 e. The molecule has 1 heterocycles. The largest absolute Gasteiger partial charge is 0.342 e. The number of hydrogen-bond acceptors (Lipinski definition) is 2. The van der Waals surface area contributed by atoms with Crippen LogP contribution in [0.15, 0.2) is 0 Å². The molecule has 2 N–H and O–H groups in total. The lowest BCUT2D eigenvalue weighted by molar-refractivity contribution is -0.130. The zero-order valence-electron chi connectivity index (χ0n) is 11.9. The monoisotopic (exact) mass is 252 g/mol. The van der Waals surface area contributed by atoms with Crippen molar-refractivity contribution in [2.75, 3.05) is 13.1 Å². The average molecular weight is 252 g/mol. The van der Waals surface area contributed by atoms with Gasteiger partial charge < -0.3 is 10.6 Å². The topological polar surface area (TPSA) is 46.3 Å². The standard InChI is InChI=1S/C15H28N2O/c1-11-9-17(10-12(11)2)15(18)8-5-13-3-6-14(16)7-4-13/h11-14H,3-10,16H2,1-2H3. The van der Waals surface area contributed by atoms with E-state index in [4.69, 9.17) is 5.73 Å². The second-order valence-electron chi connectivity index (χ2n) is 6.57. The first-order valence-electron chi connectivity index (χ1n) is 7.59. The predicted octanol–water partition coefficient (Wildman–Crippen LogP) is 2.40. The van der Waals surface area contributed by atoms with Crippen LogP contribution in [0.3, 0.4) is 0 Å². The van der Waals surface area contributed by atoms with E-state index >= 15 is 0 Å². The molecule has 0 aromatic heterocycles. The first-order chi connectivity index (χ1) is 8.56. The summed E-state index contributed by atoms with van der Waals surface area (Å²) in [4.78, 5) is 14.2. The number of rotatable bonds is 3. The van der Waals surface area contributed by atoms with Gasteiger partial charge in [-0.05, 0) is 49.9 Å². The molecule has 18 heavy (non-hydrogen) atoms. The van der Waals surface area contributed by atoms with Gasteiger partial charge in [0, 0.05) is 25.6 Å². The van der Waals surface area contributed by atoms with Gasteiger partial charge in [-0.15, -0.1) is 0 Å². The Kier molecular flexibility index (Phi) is 4.66. The van der Waals surface area contributed by atoms with Gasteiger partial charge in [0.1, 0.15) is 0 Å². The summed E-state index contributed by atoms with van der Waals surface area (Å²) in [6, 6.07) is 0.414. The molecule has 1 aliphatic carbocycles. The molecular weight excluding hydrogens is 224 g/mol. The molecule has 3 nitrogen and oxygen atoms in total. The molecule has 1 aliphatic heterocycles. The van der Waals surface area contributed by atoms with Crippen molar-refractivity contribution >= 4 is 5.91 Å². The number of likely N-dealkylation sites (tertiary alicyclic amines) is 1. The fourth-order valence-corrected chi connectivity index (χ4v) is 3.30. The Morgan fingerprint density at radius 1 is 1.11 bits per heavy atom. The third kappa shape index (κ3) is 3.47. The molecule has 2 atom stereocenters. The van der Waals surface area contributed by atoms with Crippen LogP contribution in [-0.2, 0) is 4.79 Å². The van der Waals surface area contributed by atoms with Gasteiger partial charge in [0.05, 0.1) is 0 Å². The van der Waals surface area contributed by atoms with Crippen LogP contribution in [-0.4, -0.2) is 29.9 Å². The highest BCUT2D eigenvalue weighted by atomic mass is 16.2. The summed E-state index contributed by atoms with van der Waals surface area (Å²) in [5.74, 6) is 2.45. The van der Waals surface area contributed by atoms with E-state index in [1.807, 2.05) is 0 Å². The summed E-state index contributed by atoms with van der Waals surface area (Å²) in [5, 5.41) is 0. The van der Waals surface area contributed by atoms with E-state index in [0.29, 0.717) is 23.8 Å². The third-order valence-corrected chi connectivity index (χ3v) is 5.00. The van der Waals surface area contributed by atoms with E-state index in [-0.39, 0.29) is 0 Å². The maximum absolute atomic E-state index is 12.1. The average Bonchev–Trinajstić information content (AvgIpc) is 2.69. The fourth-order valence-electron chi connectivity index (χ4n) is 3.30. The molecule has 1 saturated heterocycles. The molecule has 2 rings (SSSR count). The minimum atomic E-state index is 0.376. The minimum Gasteiger partial charge on any atom is -0.342 e. The molecule has 0 bridgehead atoms. The molecule has 3 heteroatoms. The first kappa shape index (κ1) is 13.9. The van der Waals surface area contributed by atoms with Crippen LogP contribution >= 0.6 is 0 Å². The molecule has 1 amide bonds. The van der Waals surface area contributed by atoms with Gasteiger partial charge in [-0.2, -0.15) is 0 Å². The fraction of sp³-hybridized carbons (Fsp3) is 0.933. The molecule has 0 spiro atoms.